The first-order chi connectivity index (χ1) is 13.9. The molecule has 0 bridgehead atoms. The number of carbonyl (C=O) groups is 2. The molecule has 1 aliphatic rings. The van der Waals surface area contributed by atoms with Gasteiger partial charge in [-0.25, -0.2) is 9.79 Å². The Kier molecular flexibility index (Phi) is 5.82. The van der Waals surface area contributed by atoms with E-state index in [2.05, 4.69) is 4.99 Å². The zero-order chi connectivity index (χ0) is 21.0. The van der Waals surface area contributed by atoms with Crippen LogP contribution in [0.4, 0.5) is 0 Å². The van der Waals surface area contributed by atoms with E-state index >= 15 is 0 Å². The van der Waals surface area contributed by atoms with Gasteiger partial charge in [0.25, 0.3) is 0 Å². The van der Waals surface area contributed by atoms with Crippen molar-refractivity contribution in [1.82, 2.24) is 0 Å². The van der Waals surface area contributed by atoms with Gasteiger partial charge in [-0.05, 0) is 42.0 Å². The van der Waals surface area contributed by atoms with Crippen molar-refractivity contribution in [2.75, 3.05) is 21.3 Å². The number of cyclic esters (lactones) is 1. The molecular weight excluding hydrogens is 378 g/mol. The molecule has 150 valence electrons. The summed E-state index contributed by atoms with van der Waals surface area (Å²) in [6.07, 6.45) is 1.55. The molecule has 2 aromatic rings. The monoisotopic (exact) mass is 397 g/mol. The molecule has 0 unspecified atom stereocenters. The maximum atomic E-state index is 12.2. The topological polar surface area (TPSA) is 92.7 Å². The van der Waals surface area contributed by atoms with Gasteiger partial charge >= 0.3 is 11.9 Å². The highest BCUT2D eigenvalue weighted by Crippen LogP contribution is 2.31. The van der Waals surface area contributed by atoms with Gasteiger partial charge in [-0.3, -0.25) is 4.79 Å². The molecule has 0 amide bonds. The van der Waals surface area contributed by atoms with Crippen LogP contribution in [-0.4, -0.2) is 39.2 Å². The maximum absolute atomic E-state index is 12.2. The summed E-state index contributed by atoms with van der Waals surface area (Å²) in [6.45, 7) is 1.30. The molecule has 0 saturated heterocycles. The highest BCUT2D eigenvalue weighted by molar-refractivity contribution is 6.13. The third-order valence-corrected chi connectivity index (χ3v) is 4.00. The Labute approximate surface area is 167 Å². The Hall–Kier alpha value is -3.81. The molecular formula is C21H19NO7. The molecule has 8 nitrogen and oxygen atoms in total. The van der Waals surface area contributed by atoms with Gasteiger partial charge < -0.3 is 23.7 Å². The number of rotatable bonds is 6. The van der Waals surface area contributed by atoms with Crippen molar-refractivity contribution >= 4 is 23.9 Å². The van der Waals surface area contributed by atoms with Gasteiger partial charge in [0.15, 0.2) is 28.7 Å². The molecule has 0 aliphatic carbocycles. The quantitative estimate of drug-likeness (QED) is 0.420. The van der Waals surface area contributed by atoms with Crippen molar-refractivity contribution < 1.29 is 33.3 Å². The minimum atomic E-state index is -0.585. The van der Waals surface area contributed by atoms with Crippen molar-refractivity contribution in [3.8, 4) is 23.0 Å². The number of aliphatic imine (C=N–C) groups is 1. The summed E-state index contributed by atoms with van der Waals surface area (Å²) in [5.74, 6) is 0.793. The number of benzene rings is 2. The smallest absolute Gasteiger partial charge is 0.363 e. The van der Waals surface area contributed by atoms with Gasteiger partial charge in [-0.15, -0.1) is 0 Å². The number of methoxy groups -OCH3 is 3. The Bertz CT molecular complexity index is 1020. The Balaban J connectivity index is 1.92. The molecule has 0 aromatic heterocycles. The summed E-state index contributed by atoms with van der Waals surface area (Å²) in [7, 11) is 4.51. The second-order valence-electron chi connectivity index (χ2n) is 5.91. The molecule has 29 heavy (non-hydrogen) atoms. The van der Waals surface area contributed by atoms with Gasteiger partial charge in [0.1, 0.15) is 0 Å². The van der Waals surface area contributed by atoms with Crippen LogP contribution in [0.1, 0.15) is 18.1 Å². The fourth-order valence-corrected chi connectivity index (χ4v) is 2.67. The molecule has 1 aliphatic heterocycles. The molecule has 8 heteroatoms. The number of ether oxygens (including phenoxy) is 5. The first-order valence-electron chi connectivity index (χ1n) is 8.56. The molecule has 0 radical (unpaired) electrons. The SMILES string of the molecule is COc1ccc(C2=NC(=Cc3ccc(OC(C)=O)c(OC)c3)C(=O)O2)cc1OC. The standard InChI is InChI=1S/C21H19NO7/c1-12(23)28-17-7-5-13(10-18(17)26-3)9-15-21(24)29-20(22-15)14-6-8-16(25-2)19(11-14)27-4/h5-11H,1-4H3. The van der Waals surface area contributed by atoms with Crippen LogP contribution < -0.4 is 18.9 Å². The van der Waals surface area contributed by atoms with Crippen molar-refractivity contribution in [3.63, 3.8) is 0 Å². The van der Waals surface area contributed by atoms with E-state index in [9.17, 15) is 9.59 Å². The van der Waals surface area contributed by atoms with E-state index in [1.807, 2.05) is 0 Å². The second kappa shape index (κ2) is 8.47. The van der Waals surface area contributed by atoms with Crippen molar-refractivity contribution in [2.24, 2.45) is 4.99 Å². The van der Waals surface area contributed by atoms with Crippen LogP contribution in [-0.2, 0) is 14.3 Å². The molecule has 0 atom stereocenters. The normalized spacial score (nSPS) is 14.3. The summed E-state index contributed by atoms with van der Waals surface area (Å²) in [5.41, 5.74) is 1.32. The van der Waals surface area contributed by atoms with E-state index in [-0.39, 0.29) is 17.3 Å². The van der Waals surface area contributed by atoms with Crippen LogP contribution in [0.25, 0.3) is 6.08 Å². The molecule has 0 fully saturated rings. The Morgan fingerprint density at radius 2 is 1.59 bits per heavy atom. The van der Waals surface area contributed by atoms with Gasteiger partial charge in [0.2, 0.25) is 5.90 Å². The van der Waals surface area contributed by atoms with Crippen LogP contribution in [0, 0.1) is 0 Å². The predicted octanol–water partition coefficient (Wildman–Crippen LogP) is 2.98. The molecule has 0 saturated carbocycles. The zero-order valence-electron chi connectivity index (χ0n) is 16.3. The van der Waals surface area contributed by atoms with Crippen molar-refractivity contribution in [2.45, 2.75) is 6.92 Å². The van der Waals surface area contributed by atoms with Crippen LogP contribution in [0.15, 0.2) is 47.1 Å². The average Bonchev–Trinajstić information content (AvgIpc) is 3.08. The van der Waals surface area contributed by atoms with Crippen LogP contribution in [0.2, 0.25) is 0 Å². The summed E-state index contributed by atoms with van der Waals surface area (Å²) in [6, 6.07) is 9.96. The lowest BCUT2D eigenvalue weighted by atomic mass is 10.1. The van der Waals surface area contributed by atoms with Gasteiger partial charge in [0.05, 0.1) is 21.3 Å². The second-order valence-corrected chi connectivity index (χ2v) is 5.91. The van der Waals surface area contributed by atoms with E-state index in [4.69, 9.17) is 23.7 Å². The average molecular weight is 397 g/mol. The third kappa shape index (κ3) is 4.37. The lowest BCUT2D eigenvalue weighted by Gasteiger charge is -2.08. The van der Waals surface area contributed by atoms with E-state index in [1.54, 1.807) is 42.5 Å². The number of carbonyl (C=O) groups excluding carboxylic acids is 2. The maximum Gasteiger partial charge on any atom is 0.363 e. The van der Waals surface area contributed by atoms with E-state index in [0.29, 0.717) is 28.4 Å². The molecule has 1 heterocycles. The summed E-state index contributed by atoms with van der Waals surface area (Å²) < 4.78 is 26.1. The lowest BCUT2D eigenvalue weighted by molar-refractivity contribution is -0.132. The van der Waals surface area contributed by atoms with E-state index in [0.717, 1.165) is 0 Å². The van der Waals surface area contributed by atoms with Crippen LogP contribution >= 0.6 is 0 Å². The third-order valence-electron chi connectivity index (χ3n) is 4.00. The molecule has 0 spiro atoms. The zero-order valence-corrected chi connectivity index (χ0v) is 16.3. The Morgan fingerprint density at radius 1 is 0.931 bits per heavy atom. The summed E-state index contributed by atoms with van der Waals surface area (Å²) in [5, 5.41) is 0. The first-order valence-corrected chi connectivity index (χ1v) is 8.56. The lowest BCUT2D eigenvalue weighted by Crippen LogP contribution is -2.06. The molecule has 3 rings (SSSR count). The minimum Gasteiger partial charge on any atom is -0.493 e. The largest absolute Gasteiger partial charge is 0.493 e. The minimum absolute atomic E-state index is 0.122. The summed E-state index contributed by atoms with van der Waals surface area (Å²) >= 11 is 0. The van der Waals surface area contributed by atoms with E-state index < -0.39 is 11.9 Å². The highest BCUT2D eigenvalue weighted by atomic mass is 16.6. The van der Waals surface area contributed by atoms with Crippen LogP contribution in [0.3, 0.4) is 0 Å². The van der Waals surface area contributed by atoms with Crippen LogP contribution in [0.5, 0.6) is 23.0 Å². The number of hydrogen-bond acceptors (Lipinski definition) is 8. The van der Waals surface area contributed by atoms with Gasteiger partial charge in [-0.1, -0.05) is 6.07 Å². The fourth-order valence-electron chi connectivity index (χ4n) is 2.67. The van der Waals surface area contributed by atoms with Gasteiger partial charge in [0, 0.05) is 12.5 Å². The first kappa shape index (κ1) is 19.9. The summed E-state index contributed by atoms with van der Waals surface area (Å²) in [4.78, 5) is 27.7. The highest BCUT2D eigenvalue weighted by Gasteiger charge is 2.25. The predicted molar refractivity (Wildman–Crippen MR) is 104 cm³/mol. The number of hydrogen-bond donors (Lipinski definition) is 0. The number of esters is 2. The molecule has 0 N–H and O–H groups in total. The Morgan fingerprint density at radius 3 is 2.24 bits per heavy atom. The van der Waals surface area contributed by atoms with Gasteiger partial charge in [-0.2, -0.15) is 0 Å². The molecule has 2 aromatic carbocycles. The van der Waals surface area contributed by atoms with Crippen molar-refractivity contribution in [3.05, 3.63) is 53.2 Å². The fraction of sp³-hybridized carbons (Fsp3) is 0.190. The number of nitrogens with zero attached hydrogens (tertiary/aromatic N) is 1. The van der Waals surface area contributed by atoms with Crippen molar-refractivity contribution in [1.29, 1.82) is 0 Å². The van der Waals surface area contributed by atoms with E-state index in [1.165, 1.54) is 28.3 Å².